The van der Waals surface area contributed by atoms with Crippen molar-refractivity contribution in [3.8, 4) is 45.0 Å². The van der Waals surface area contributed by atoms with Crippen molar-refractivity contribution in [2.75, 3.05) is 0 Å². The third-order valence-corrected chi connectivity index (χ3v) is 7.85. The van der Waals surface area contributed by atoms with Crippen molar-refractivity contribution in [2.24, 2.45) is 0 Å². The van der Waals surface area contributed by atoms with Gasteiger partial charge in [0, 0.05) is 16.7 Å². The lowest BCUT2D eigenvalue weighted by atomic mass is 9.89. The first-order valence-corrected chi connectivity index (χ1v) is 13.6. The summed E-state index contributed by atoms with van der Waals surface area (Å²) < 4.78 is 0. The molecule has 7 aromatic carbocycles. The van der Waals surface area contributed by atoms with Gasteiger partial charge >= 0.3 is 0 Å². The van der Waals surface area contributed by atoms with E-state index in [1.54, 1.807) is 0 Å². The van der Waals surface area contributed by atoms with Crippen LogP contribution in [-0.4, -0.2) is 9.97 Å². The topological polar surface area (TPSA) is 25.8 Å². The Balaban J connectivity index is 1.25. The van der Waals surface area contributed by atoms with Gasteiger partial charge in [0.05, 0.1) is 11.4 Å². The maximum atomic E-state index is 5.00. The summed E-state index contributed by atoms with van der Waals surface area (Å²) in [6.07, 6.45) is 0. The molecule has 40 heavy (non-hydrogen) atoms. The molecule has 8 rings (SSSR count). The maximum Gasteiger partial charge on any atom is 0.160 e. The van der Waals surface area contributed by atoms with Crippen LogP contribution < -0.4 is 0 Å². The summed E-state index contributed by atoms with van der Waals surface area (Å²) in [5.41, 5.74) is 7.42. The normalized spacial score (nSPS) is 11.5. The van der Waals surface area contributed by atoms with Gasteiger partial charge in [-0.1, -0.05) is 140 Å². The average Bonchev–Trinajstić information content (AvgIpc) is 3.04. The standard InChI is InChI=1S/C38H24N2/c1-3-8-26(9-4-1)34-24-35(40-38(39-34)31-10-5-2-6-11-31)27-16-14-25(15-17-27)32-22-20-30-19-18-28-12-7-13-29-21-23-33(32)37(30)36(28)29/h1-24H. The summed E-state index contributed by atoms with van der Waals surface area (Å²) in [7, 11) is 0. The minimum absolute atomic E-state index is 0.729. The third-order valence-electron chi connectivity index (χ3n) is 7.85. The van der Waals surface area contributed by atoms with Crippen molar-refractivity contribution in [1.82, 2.24) is 9.97 Å². The molecule has 0 aliphatic heterocycles. The van der Waals surface area contributed by atoms with E-state index in [1.807, 2.05) is 36.4 Å². The molecule has 0 saturated carbocycles. The Kier molecular flexibility index (Phi) is 5.17. The predicted molar refractivity (Wildman–Crippen MR) is 167 cm³/mol. The van der Waals surface area contributed by atoms with Crippen LogP contribution in [0.1, 0.15) is 0 Å². The third kappa shape index (κ3) is 3.73. The van der Waals surface area contributed by atoms with E-state index in [0.717, 1.165) is 33.9 Å². The van der Waals surface area contributed by atoms with Gasteiger partial charge in [-0.05, 0) is 49.5 Å². The van der Waals surface area contributed by atoms with Gasteiger partial charge in [0.25, 0.3) is 0 Å². The molecule has 2 heteroatoms. The van der Waals surface area contributed by atoms with Crippen LogP contribution in [0.15, 0.2) is 146 Å². The van der Waals surface area contributed by atoms with Crippen LogP contribution in [0.3, 0.4) is 0 Å². The summed E-state index contributed by atoms with van der Waals surface area (Å²) in [4.78, 5) is 9.92. The van der Waals surface area contributed by atoms with Gasteiger partial charge in [-0.3, -0.25) is 0 Å². The summed E-state index contributed by atoms with van der Waals surface area (Å²) >= 11 is 0. The van der Waals surface area contributed by atoms with E-state index in [2.05, 4.69) is 109 Å². The van der Waals surface area contributed by atoms with E-state index in [-0.39, 0.29) is 0 Å². The van der Waals surface area contributed by atoms with Crippen molar-refractivity contribution >= 4 is 32.3 Å². The zero-order chi connectivity index (χ0) is 26.5. The molecule has 0 aliphatic rings. The largest absolute Gasteiger partial charge is 0.228 e. The minimum atomic E-state index is 0.729. The molecule has 0 amide bonds. The van der Waals surface area contributed by atoms with E-state index in [4.69, 9.17) is 9.97 Å². The summed E-state index contributed by atoms with van der Waals surface area (Å²) in [6, 6.07) is 51.4. The Morgan fingerprint density at radius 3 is 1.55 bits per heavy atom. The second-order valence-corrected chi connectivity index (χ2v) is 10.2. The molecule has 8 aromatic rings. The lowest BCUT2D eigenvalue weighted by Crippen LogP contribution is -1.95. The lowest BCUT2D eigenvalue weighted by molar-refractivity contribution is 1.18. The van der Waals surface area contributed by atoms with Crippen LogP contribution in [0.4, 0.5) is 0 Å². The molecule has 0 unspecified atom stereocenters. The monoisotopic (exact) mass is 508 g/mol. The van der Waals surface area contributed by atoms with Crippen LogP contribution in [0, 0.1) is 0 Å². The molecular weight excluding hydrogens is 484 g/mol. The zero-order valence-corrected chi connectivity index (χ0v) is 21.8. The van der Waals surface area contributed by atoms with E-state index in [1.165, 1.54) is 43.4 Å². The van der Waals surface area contributed by atoms with Gasteiger partial charge in [0.15, 0.2) is 5.82 Å². The van der Waals surface area contributed by atoms with Gasteiger partial charge in [-0.2, -0.15) is 0 Å². The Morgan fingerprint density at radius 1 is 0.350 bits per heavy atom. The molecule has 1 aromatic heterocycles. The first kappa shape index (κ1) is 22.6. The molecule has 186 valence electrons. The predicted octanol–water partition coefficient (Wildman–Crippen LogP) is 10.0. The average molecular weight is 509 g/mol. The smallest absolute Gasteiger partial charge is 0.160 e. The summed E-state index contributed by atoms with van der Waals surface area (Å²) in [5, 5.41) is 7.83. The second kappa shape index (κ2) is 9.14. The Labute approximate surface area is 232 Å². The second-order valence-electron chi connectivity index (χ2n) is 10.2. The molecule has 0 spiro atoms. The van der Waals surface area contributed by atoms with Gasteiger partial charge in [-0.15, -0.1) is 0 Å². The fourth-order valence-electron chi connectivity index (χ4n) is 5.88. The lowest BCUT2D eigenvalue weighted by Gasteiger charge is -2.14. The first-order valence-electron chi connectivity index (χ1n) is 13.6. The molecule has 0 N–H and O–H groups in total. The summed E-state index contributed by atoms with van der Waals surface area (Å²) in [6.45, 7) is 0. The Hall–Kier alpha value is -5.34. The van der Waals surface area contributed by atoms with Gasteiger partial charge < -0.3 is 0 Å². The highest BCUT2D eigenvalue weighted by Crippen LogP contribution is 2.39. The minimum Gasteiger partial charge on any atom is -0.228 e. The number of nitrogens with zero attached hydrogens (tertiary/aromatic N) is 2. The molecule has 1 heterocycles. The van der Waals surface area contributed by atoms with Crippen LogP contribution in [0.25, 0.3) is 77.3 Å². The highest BCUT2D eigenvalue weighted by Gasteiger charge is 2.13. The van der Waals surface area contributed by atoms with Crippen LogP contribution in [-0.2, 0) is 0 Å². The fraction of sp³-hybridized carbons (Fsp3) is 0. The van der Waals surface area contributed by atoms with Gasteiger partial charge in [-0.25, -0.2) is 9.97 Å². The maximum absolute atomic E-state index is 5.00. The van der Waals surface area contributed by atoms with Crippen LogP contribution >= 0.6 is 0 Å². The quantitative estimate of drug-likeness (QED) is 0.221. The van der Waals surface area contributed by atoms with Crippen molar-refractivity contribution in [2.45, 2.75) is 0 Å². The number of aromatic nitrogens is 2. The molecule has 0 aliphatic carbocycles. The van der Waals surface area contributed by atoms with E-state index >= 15 is 0 Å². The molecule has 0 bridgehead atoms. The number of benzene rings is 7. The number of rotatable bonds is 4. The van der Waals surface area contributed by atoms with Gasteiger partial charge in [0.2, 0.25) is 0 Å². The first-order chi connectivity index (χ1) is 19.8. The molecule has 0 fully saturated rings. The molecule has 0 radical (unpaired) electrons. The SMILES string of the molecule is c1ccc(-c2cc(-c3ccc(-c4ccc5ccc6cccc7ccc4c5c67)cc3)nc(-c3ccccc3)n2)cc1. The van der Waals surface area contributed by atoms with E-state index in [0.29, 0.717) is 0 Å². The summed E-state index contributed by atoms with van der Waals surface area (Å²) in [5.74, 6) is 0.729. The zero-order valence-electron chi connectivity index (χ0n) is 21.8. The number of hydrogen-bond donors (Lipinski definition) is 0. The van der Waals surface area contributed by atoms with Crippen LogP contribution in [0.2, 0.25) is 0 Å². The van der Waals surface area contributed by atoms with E-state index < -0.39 is 0 Å². The molecule has 0 atom stereocenters. The highest BCUT2D eigenvalue weighted by molar-refractivity contribution is 6.25. The Morgan fingerprint density at radius 2 is 0.875 bits per heavy atom. The molecule has 2 nitrogen and oxygen atoms in total. The Bertz CT molecular complexity index is 2060. The fourth-order valence-corrected chi connectivity index (χ4v) is 5.88. The van der Waals surface area contributed by atoms with Crippen molar-refractivity contribution in [3.05, 3.63) is 146 Å². The van der Waals surface area contributed by atoms with Crippen molar-refractivity contribution in [3.63, 3.8) is 0 Å². The number of hydrogen-bond acceptors (Lipinski definition) is 2. The molecular formula is C38H24N2. The van der Waals surface area contributed by atoms with Crippen molar-refractivity contribution < 1.29 is 0 Å². The molecule has 0 saturated heterocycles. The van der Waals surface area contributed by atoms with E-state index in [9.17, 15) is 0 Å². The van der Waals surface area contributed by atoms with Crippen LogP contribution in [0.5, 0.6) is 0 Å². The van der Waals surface area contributed by atoms with Gasteiger partial charge in [0.1, 0.15) is 0 Å². The van der Waals surface area contributed by atoms with Crippen molar-refractivity contribution in [1.29, 1.82) is 0 Å². The highest BCUT2D eigenvalue weighted by atomic mass is 14.9.